The van der Waals surface area contributed by atoms with Gasteiger partial charge in [0.2, 0.25) is 0 Å². The highest BCUT2D eigenvalue weighted by atomic mass is 19.4. The molecule has 7 heteroatoms. The zero-order valence-corrected chi connectivity index (χ0v) is 13.8. The SMILES string of the molecule is Cc1ccc(C)c2c(C)c(C(=O)NCCCOCC(F)(F)F)oc12. The third-order valence-corrected chi connectivity index (χ3v) is 3.71. The smallest absolute Gasteiger partial charge is 0.411 e. The summed E-state index contributed by atoms with van der Waals surface area (Å²) < 4.78 is 45.9. The Morgan fingerprint density at radius 2 is 1.88 bits per heavy atom. The van der Waals surface area contributed by atoms with E-state index in [0.29, 0.717) is 12.0 Å². The number of hydrogen-bond acceptors (Lipinski definition) is 3. The molecule has 0 radical (unpaired) electrons. The second-order valence-electron chi connectivity index (χ2n) is 5.74. The molecular weight excluding hydrogens is 323 g/mol. The van der Waals surface area contributed by atoms with E-state index >= 15 is 0 Å². The fourth-order valence-electron chi connectivity index (χ4n) is 2.54. The van der Waals surface area contributed by atoms with Crippen molar-refractivity contribution in [2.75, 3.05) is 19.8 Å². The average molecular weight is 343 g/mol. The molecule has 1 aromatic heterocycles. The van der Waals surface area contributed by atoms with Crippen molar-refractivity contribution in [1.82, 2.24) is 5.32 Å². The van der Waals surface area contributed by atoms with Crippen LogP contribution in [0.2, 0.25) is 0 Å². The Bertz CT molecular complexity index is 735. The molecule has 4 nitrogen and oxygen atoms in total. The topological polar surface area (TPSA) is 51.5 Å². The van der Waals surface area contributed by atoms with Crippen molar-refractivity contribution in [1.29, 1.82) is 0 Å². The molecule has 1 N–H and O–H groups in total. The van der Waals surface area contributed by atoms with Crippen LogP contribution in [0.1, 0.15) is 33.7 Å². The zero-order valence-electron chi connectivity index (χ0n) is 13.8. The molecule has 1 heterocycles. The number of alkyl halides is 3. The summed E-state index contributed by atoms with van der Waals surface area (Å²) >= 11 is 0. The molecule has 0 saturated carbocycles. The first kappa shape index (κ1) is 18.3. The van der Waals surface area contributed by atoms with Gasteiger partial charge in [-0.15, -0.1) is 0 Å². The number of ether oxygens (including phenoxy) is 1. The molecule has 1 aromatic carbocycles. The van der Waals surface area contributed by atoms with Gasteiger partial charge in [-0.3, -0.25) is 4.79 Å². The predicted octanol–water partition coefficient (Wildman–Crippen LogP) is 4.06. The minimum atomic E-state index is -4.33. The molecule has 0 aliphatic rings. The number of aryl methyl sites for hydroxylation is 3. The molecule has 0 bridgehead atoms. The van der Waals surface area contributed by atoms with Crippen LogP contribution >= 0.6 is 0 Å². The Balaban J connectivity index is 1.94. The van der Waals surface area contributed by atoms with E-state index in [0.717, 1.165) is 22.1 Å². The molecule has 1 amide bonds. The van der Waals surface area contributed by atoms with E-state index in [1.807, 2.05) is 32.9 Å². The van der Waals surface area contributed by atoms with Crippen LogP contribution < -0.4 is 5.32 Å². The van der Waals surface area contributed by atoms with E-state index in [1.165, 1.54) is 0 Å². The van der Waals surface area contributed by atoms with Crippen LogP contribution in [0, 0.1) is 20.8 Å². The number of furan rings is 1. The molecule has 0 spiro atoms. The molecule has 0 unspecified atom stereocenters. The van der Waals surface area contributed by atoms with E-state index in [-0.39, 0.29) is 24.8 Å². The first-order valence-electron chi connectivity index (χ1n) is 7.62. The Labute approximate surface area is 138 Å². The van der Waals surface area contributed by atoms with Crippen molar-refractivity contribution in [2.24, 2.45) is 0 Å². The summed E-state index contributed by atoms with van der Waals surface area (Å²) in [5.74, 6) is -0.142. The van der Waals surface area contributed by atoms with Crippen molar-refractivity contribution in [3.05, 3.63) is 34.6 Å². The van der Waals surface area contributed by atoms with Gasteiger partial charge in [0.15, 0.2) is 5.76 Å². The summed E-state index contributed by atoms with van der Waals surface area (Å²) in [6.07, 6.45) is -4.04. The summed E-state index contributed by atoms with van der Waals surface area (Å²) in [5, 5.41) is 3.57. The molecule has 0 aliphatic heterocycles. The summed E-state index contributed by atoms with van der Waals surface area (Å²) in [6, 6.07) is 3.90. The number of carbonyl (C=O) groups is 1. The highest BCUT2D eigenvalue weighted by Gasteiger charge is 2.27. The fourth-order valence-corrected chi connectivity index (χ4v) is 2.54. The quantitative estimate of drug-likeness (QED) is 0.805. The minimum absolute atomic E-state index is 0.0723. The van der Waals surface area contributed by atoms with Gasteiger partial charge >= 0.3 is 6.18 Å². The average Bonchev–Trinajstić information content (AvgIpc) is 2.84. The summed E-state index contributed by atoms with van der Waals surface area (Å²) in [4.78, 5) is 12.2. The van der Waals surface area contributed by atoms with Crippen molar-refractivity contribution in [3.8, 4) is 0 Å². The number of carbonyl (C=O) groups excluding carboxylic acids is 1. The van der Waals surface area contributed by atoms with E-state index < -0.39 is 12.8 Å². The summed E-state index contributed by atoms with van der Waals surface area (Å²) in [5.41, 5.74) is 3.41. The molecule has 0 fully saturated rings. The Kier molecular flexibility index (Phi) is 5.54. The number of fused-ring (bicyclic) bond motifs is 1. The lowest BCUT2D eigenvalue weighted by molar-refractivity contribution is -0.173. The van der Waals surface area contributed by atoms with Crippen LogP contribution in [-0.2, 0) is 4.74 Å². The van der Waals surface area contributed by atoms with Crippen LogP contribution in [0.15, 0.2) is 16.5 Å². The number of halogens is 3. The standard InChI is InChI=1S/C17H20F3NO3/c1-10-5-6-11(2)14-13(10)12(3)15(24-14)16(22)21-7-4-8-23-9-17(18,19)20/h5-6H,4,7-9H2,1-3H3,(H,21,22). The maximum atomic E-state index is 12.2. The van der Waals surface area contributed by atoms with Crippen molar-refractivity contribution in [2.45, 2.75) is 33.4 Å². The lowest BCUT2D eigenvalue weighted by Crippen LogP contribution is -2.26. The zero-order chi connectivity index (χ0) is 17.9. The second kappa shape index (κ2) is 7.25. The van der Waals surface area contributed by atoms with Crippen LogP contribution in [-0.4, -0.2) is 31.8 Å². The maximum absolute atomic E-state index is 12.2. The molecule has 0 saturated heterocycles. The third-order valence-electron chi connectivity index (χ3n) is 3.71. The van der Waals surface area contributed by atoms with E-state index in [9.17, 15) is 18.0 Å². The Hall–Kier alpha value is -2.02. The lowest BCUT2D eigenvalue weighted by Gasteiger charge is -2.07. The fraction of sp³-hybridized carbons (Fsp3) is 0.471. The molecule has 2 aromatic rings. The van der Waals surface area contributed by atoms with Gasteiger partial charge in [-0.05, 0) is 38.3 Å². The van der Waals surface area contributed by atoms with Gasteiger partial charge < -0.3 is 14.5 Å². The monoisotopic (exact) mass is 343 g/mol. The number of benzene rings is 1. The molecule has 2 rings (SSSR count). The molecular formula is C17H20F3NO3. The van der Waals surface area contributed by atoms with Gasteiger partial charge in [-0.1, -0.05) is 12.1 Å². The molecule has 132 valence electrons. The first-order chi connectivity index (χ1) is 11.2. The normalized spacial score (nSPS) is 11.9. The predicted molar refractivity (Wildman–Crippen MR) is 84.2 cm³/mol. The third kappa shape index (κ3) is 4.29. The van der Waals surface area contributed by atoms with Gasteiger partial charge in [0.1, 0.15) is 12.2 Å². The van der Waals surface area contributed by atoms with Crippen LogP contribution in [0.5, 0.6) is 0 Å². The number of nitrogens with one attached hydrogen (secondary N) is 1. The molecule has 0 aliphatic carbocycles. The van der Waals surface area contributed by atoms with Crippen molar-refractivity contribution in [3.63, 3.8) is 0 Å². The van der Waals surface area contributed by atoms with Crippen LogP contribution in [0.4, 0.5) is 13.2 Å². The molecule has 24 heavy (non-hydrogen) atoms. The van der Waals surface area contributed by atoms with Gasteiger partial charge in [-0.25, -0.2) is 0 Å². The number of amides is 1. The van der Waals surface area contributed by atoms with Crippen molar-refractivity contribution >= 4 is 16.9 Å². The van der Waals surface area contributed by atoms with Gasteiger partial charge in [0.25, 0.3) is 5.91 Å². The maximum Gasteiger partial charge on any atom is 0.411 e. The van der Waals surface area contributed by atoms with Gasteiger partial charge in [-0.2, -0.15) is 13.2 Å². The lowest BCUT2D eigenvalue weighted by atomic mass is 10.0. The molecule has 0 atom stereocenters. The van der Waals surface area contributed by atoms with Crippen LogP contribution in [0.25, 0.3) is 11.0 Å². The van der Waals surface area contributed by atoms with E-state index in [1.54, 1.807) is 0 Å². The summed E-state index contributed by atoms with van der Waals surface area (Å²) in [6.45, 7) is 4.54. The van der Waals surface area contributed by atoms with Gasteiger partial charge in [0, 0.05) is 24.1 Å². The second-order valence-corrected chi connectivity index (χ2v) is 5.74. The Morgan fingerprint density at radius 1 is 1.21 bits per heavy atom. The Morgan fingerprint density at radius 3 is 2.50 bits per heavy atom. The highest BCUT2D eigenvalue weighted by molar-refractivity contribution is 6.00. The van der Waals surface area contributed by atoms with E-state index in [2.05, 4.69) is 10.1 Å². The number of hydrogen-bond donors (Lipinski definition) is 1. The van der Waals surface area contributed by atoms with Gasteiger partial charge in [0.05, 0.1) is 0 Å². The first-order valence-corrected chi connectivity index (χ1v) is 7.62. The summed E-state index contributed by atoms with van der Waals surface area (Å²) in [7, 11) is 0. The number of rotatable bonds is 6. The largest absolute Gasteiger partial charge is 0.450 e. The van der Waals surface area contributed by atoms with E-state index in [4.69, 9.17) is 4.42 Å². The van der Waals surface area contributed by atoms with Crippen molar-refractivity contribution < 1.29 is 27.1 Å². The minimum Gasteiger partial charge on any atom is -0.450 e. The highest BCUT2D eigenvalue weighted by Crippen LogP contribution is 2.30. The van der Waals surface area contributed by atoms with Crippen LogP contribution in [0.3, 0.4) is 0 Å².